The second-order valence-corrected chi connectivity index (χ2v) is 6.39. The van der Waals surface area contributed by atoms with Gasteiger partial charge in [0, 0.05) is 24.7 Å². The molecule has 1 aliphatic rings. The van der Waals surface area contributed by atoms with E-state index in [2.05, 4.69) is 30.9 Å². The molecule has 1 fully saturated rings. The zero-order valence-corrected chi connectivity index (χ0v) is 13.2. The summed E-state index contributed by atoms with van der Waals surface area (Å²) in [6.45, 7) is 10.0. The van der Waals surface area contributed by atoms with Gasteiger partial charge in [-0.1, -0.05) is 19.9 Å². The molecule has 2 rings (SSSR count). The monoisotopic (exact) mass is 276 g/mol. The van der Waals surface area contributed by atoms with Gasteiger partial charge in [-0.2, -0.15) is 0 Å². The molecular weight excluding hydrogens is 248 g/mol. The molecule has 0 aliphatic carbocycles. The number of nitrogens with two attached hydrogens (primary N) is 1. The first-order chi connectivity index (χ1) is 9.51. The molecule has 2 N–H and O–H groups in total. The van der Waals surface area contributed by atoms with Crippen LogP contribution < -0.4 is 10.5 Å². The fraction of sp³-hybridized carbons (Fsp3) is 0.647. The normalized spacial score (nSPS) is 21.4. The van der Waals surface area contributed by atoms with Crippen molar-refractivity contribution < 1.29 is 4.74 Å². The van der Waals surface area contributed by atoms with Crippen LogP contribution in [0.25, 0.3) is 0 Å². The van der Waals surface area contributed by atoms with E-state index in [-0.39, 0.29) is 6.04 Å². The molecule has 2 unspecified atom stereocenters. The number of likely N-dealkylation sites (tertiary alicyclic amines) is 1. The van der Waals surface area contributed by atoms with Gasteiger partial charge in [0.05, 0.1) is 7.11 Å². The van der Waals surface area contributed by atoms with Gasteiger partial charge in [-0.25, -0.2) is 0 Å². The summed E-state index contributed by atoms with van der Waals surface area (Å²) in [7, 11) is 1.74. The highest BCUT2D eigenvalue weighted by molar-refractivity contribution is 5.38. The van der Waals surface area contributed by atoms with Crippen molar-refractivity contribution >= 4 is 0 Å². The average Bonchev–Trinajstić information content (AvgIpc) is 2.87. The zero-order valence-electron chi connectivity index (χ0n) is 13.2. The van der Waals surface area contributed by atoms with E-state index < -0.39 is 0 Å². The highest BCUT2D eigenvalue weighted by atomic mass is 16.5. The van der Waals surface area contributed by atoms with Gasteiger partial charge < -0.3 is 10.5 Å². The number of ether oxygens (including phenoxy) is 1. The largest absolute Gasteiger partial charge is 0.496 e. The summed E-state index contributed by atoms with van der Waals surface area (Å²) < 4.78 is 5.50. The Morgan fingerprint density at radius 2 is 2.10 bits per heavy atom. The van der Waals surface area contributed by atoms with Crippen LogP contribution in [0.1, 0.15) is 44.4 Å². The maximum atomic E-state index is 5.99. The van der Waals surface area contributed by atoms with Crippen LogP contribution in [-0.2, 0) is 6.54 Å². The van der Waals surface area contributed by atoms with E-state index in [1.54, 1.807) is 7.11 Å². The van der Waals surface area contributed by atoms with E-state index in [9.17, 15) is 0 Å². The molecule has 2 atom stereocenters. The van der Waals surface area contributed by atoms with E-state index >= 15 is 0 Å². The molecule has 0 spiro atoms. The second kappa shape index (κ2) is 6.59. The fourth-order valence-corrected chi connectivity index (χ4v) is 3.00. The van der Waals surface area contributed by atoms with Crippen LogP contribution in [0.4, 0.5) is 0 Å². The molecule has 112 valence electrons. The second-order valence-electron chi connectivity index (χ2n) is 6.39. The third-order valence-electron chi connectivity index (χ3n) is 4.48. The van der Waals surface area contributed by atoms with Crippen molar-refractivity contribution in [1.82, 2.24) is 4.90 Å². The molecule has 0 bridgehead atoms. The first kappa shape index (κ1) is 15.3. The lowest BCUT2D eigenvalue weighted by Crippen LogP contribution is -2.22. The Bertz CT molecular complexity index is 443. The van der Waals surface area contributed by atoms with Crippen LogP contribution >= 0.6 is 0 Å². The third-order valence-corrected chi connectivity index (χ3v) is 4.48. The van der Waals surface area contributed by atoms with Crippen LogP contribution in [-0.4, -0.2) is 25.1 Å². The Morgan fingerprint density at radius 3 is 2.65 bits per heavy atom. The molecule has 1 aromatic carbocycles. The Morgan fingerprint density at radius 1 is 1.35 bits per heavy atom. The highest BCUT2D eigenvalue weighted by Gasteiger charge is 2.25. The minimum absolute atomic E-state index is 0.0710. The summed E-state index contributed by atoms with van der Waals surface area (Å²) in [5, 5.41) is 0. The lowest BCUT2D eigenvalue weighted by Gasteiger charge is -2.20. The van der Waals surface area contributed by atoms with Crippen LogP contribution in [0.2, 0.25) is 0 Å². The molecule has 1 heterocycles. The topological polar surface area (TPSA) is 38.5 Å². The van der Waals surface area contributed by atoms with Crippen LogP contribution in [0.15, 0.2) is 18.2 Å². The first-order valence-electron chi connectivity index (χ1n) is 7.66. The minimum Gasteiger partial charge on any atom is -0.496 e. The van der Waals surface area contributed by atoms with Crippen molar-refractivity contribution in [2.24, 2.45) is 17.6 Å². The van der Waals surface area contributed by atoms with E-state index in [1.807, 2.05) is 13.0 Å². The zero-order chi connectivity index (χ0) is 14.7. The van der Waals surface area contributed by atoms with Gasteiger partial charge in [-0.3, -0.25) is 4.90 Å². The van der Waals surface area contributed by atoms with Gasteiger partial charge in [0.15, 0.2) is 0 Å². The Hall–Kier alpha value is -1.06. The molecule has 1 aromatic rings. The molecule has 3 nitrogen and oxygen atoms in total. The Kier molecular flexibility index (Phi) is 5.06. The van der Waals surface area contributed by atoms with Crippen LogP contribution in [0, 0.1) is 11.8 Å². The quantitative estimate of drug-likeness (QED) is 0.897. The van der Waals surface area contributed by atoms with E-state index in [1.165, 1.54) is 30.6 Å². The number of hydrogen-bond acceptors (Lipinski definition) is 3. The minimum atomic E-state index is 0.0710. The summed E-state index contributed by atoms with van der Waals surface area (Å²) in [5.41, 5.74) is 8.43. The number of nitrogens with zero attached hydrogens (tertiary/aromatic N) is 1. The summed E-state index contributed by atoms with van der Waals surface area (Å²) >= 11 is 0. The number of benzene rings is 1. The van der Waals surface area contributed by atoms with Gasteiger partial charge in [0.25, 0.3) is 0 Å². The lowest BCUT2D eigenvalue weighted by atomic mass is 9.95. The standard InChI is InChI=1S/C17H28N2O/c1-12(2)15-7-8-19(10-15)11-16-9-14(13(3)18)5-6-17(16)20-4/h5-6,9,12-13,15H,7-8,10-11,18H2,1-4H3. The smallest absolute Gasteiger partial charge is 0.123 e. The van der Waals surface area contributed by atoms with Crippen molar-refractivity contribution in [3.8, 4) is 5.75 Å². The number of methoxy groups -OCH3 is 1. The van der Waals surface area contributed by atoms with Crippen LogP contribution in [0.5, 0.6) is 5.75 Å². The molecular formula is C17H28N2O. The molecule has 1 aliphatic heterocycles. The maximum Gasteiger partial charge on any atom is 0.123 e. The van der Waals surface area contributed by atoms with Crippen molar-refractivity contribution in [1.29, 1.82) is 0 Å². The van der Waals surface area contributed by atoms with Gasteiger partial charge >= 0.3 is 0 Å². The van der Waals surface area contributed by atoms with E-state index in [0.717, 1.165) is 24.1 Å². The van der Waals surface area contributed by atoms with Crippen molar-refractivity contribution in [3.63, 3.8) is 0 Å². The predicted molar refractivity (Wildman–Crippen MR) is 83.8 cm³/mol. The van der Waals surface area contributed by atoms with Crippen molar-refractivity contribution in [2.45, 2.75) is 39.8 Å². The average molecular weight is 276 g/mol. The van der Waals surface area contributed by atoms with Crippen LogP contribution in [0.3, 0.4) is 0 Å². The SMILES string of the molecule is COc1ccc(C(C)N)cc1CN1CCC(C(C)C)C1. The van der Waals surface area contributed by atoms with Gasteiger partial charge in [0.2, 0.25) is 0 Å². The summed E-state index contributed by atoms with van der Waals surface area (Å²) in [6.07, 6.45) is 1.31. The highest BCUT2D eigenvalue weighted by Crippen LogP contribution is 2.28. The maximum absolute atomic E-state index is 5.99. The summed E-state index contributed by atoms with van der Waals surface area (Å²) in [6, 6.07) is 6.38. The fourth-order valence-electron chi connectivity index (χ4n) is 3.00. The van der Waals surface area contributed by atoms with Gasteiger partial charge in [-0.15, -0.1) is 0 Å². The summed E-state index contributed by atoms with van der Waals surface area (Å²) in [4.78, 5) is 2.54. The van der Waals surface area contributed by atoms with E-state index in [4.69, 9.17) is 10.5 Å². The van der Waals surface area contributed by atoms with E-state index in [0.29, 0.717) is 0 Å². The first-order valence-corrected chi connectivity index (χ1v) is 7.66. The molecule has 0 radical (unpaired) electrons. The molecule has 0 amide bonds. The van der Waals surface area contributed by atoms with Gasteiger partial charge in [-0.05, 0) is 49.4 Å². The summed E-state index contributed by atoms with van der Waals surface area (Å²) in [5.74, 6) is 2.58. The molecule has 0 saturated carbocycles. The predicted octanol–water partition coefficient (Wildman–Crippen LogP) is 3.19. The van der Waals surface area contributed by atoms with Gasteiger partial charge in [0.1, 0.15) is 5.75 Å². The Labute approximate surface area is 123 Å². The molecule has 20 heavy (non-hydrogen) atoms. The Balaban J connectivity index is 2.10. The van der Waals surface area contributed by atoms with Crippen molar-refractivity contribution in [2.75, 3.05) is 20.2 Å². The molecule has 1 saturated heterocycles. The third kappa shape index (κ3) is 3.53. The number of hydrogen-bond donors (Lipinski definition) is 1. The van der Waals surface area contributed by atoms with Crippen molar-refractivity contribution in [3.05, 3.63) is 29.3 Å². The molecule has 3 heteroatoms. The molecule has 0 aromatic heterocycles. The number of rotatable bonds is 5. The lowest BCUT2D eigenvalue weighted by molar-refractivity contribution is 0.291.